The lowest BCUT2D eigenvalue weighted by Crippen LogP contribution is -2.39. The fraction of sp³-hybridized carbons (Fsp3) is 0.364. The van der Waals surface area contributed by atoms with Crippen molar-refractivity contribution in [1.82, 2.24) is 10.6 Å². The molecule has 2 aromatic carbocycles. The first-order valence-corrected chi connectivity index (χ1v) is 11.0. The summed E-state index contributed by atoms with van der Waals surface area (Å²) in [5.74, 6) is 2.18. The highest BCUT2D eigenvalue weighted by Crippen LogP contribution is 2.31. The number of fused-ring (bicyclic) bond motifs is 1. The molecule has 0 aliphatic carbocycles. The maximum absolute atomic E-state index is 13.7. The minimum absolute atomic E-state index is 0.0337. The van der Waals surface area contributed by atoms with Gasteiger partial charge in [0.2, 0.25) is 5.91 Å². The Hall–Kier alpha value is -2.54. The number of guanidine groups is 1. The highest BCUT2D eigenvalue weighted by Gasteiger charge is 2.24. The Kier molecular flexibility index (Phi) is 7.93. The van der Waals surface area contributed by atoms with E-state index in [1.165, 1.54) is 6.07 Å². The summed E-state index contributed by atoms with van der Waals surface area (Å²) in [6.07, 6.45) is 0.443. The van der Waals surface area contributed by atoms with E-state index in [-0.39, 0.29) is 17.6 Å². The quantitative estimate of drug-likeness (QED) is 0.350. The van der Waals surface area contributed by atoms with Crippen molar-refractivity contribution in [3.8, 4) is 0 Å². The van der Waals surface area contributed by atoms with E-state index in [9.17, 15) is 9.18 Å². The molecule has 0 saturated carbocycles. The van der Waals surface area contributed by atoms with E-state index >= 15 is 0 Å². The zero-order chi connectivity index (χ0) is 20.5. The molecule has 0 fully saturated rings. The third-order valence-electron chi connectivity index (χ3n) is 4.67. The number of nitrogens with zero attached hydrogens (tertiary/aromatic N) is 1. The molecular weight excluding hydrogens is 387 g/mol. The van der Waals surface area contributed by atoms with Crippen LogP contribution in [0.5, 0.6) is 0 Å². The number of hydrogen-bond donors (Lipinski definition) is 3. The lowest BCUT2D eigenvalue weighted by molar-refractivity contribution is -0.116. The molecule has 1 aliphatic rings. The Morgan fingerprint density at radius 3 is 2.83 bits per heavy atom. The van der Waals surface area contributed by atoms with Crippen LogP contribution in [0.1, 0.15) is 30.4 Å². The summed E-state index contributed by atoms with van der Waals surface area (Å²) in [7, 11) is 0. The second-order valence-corrected chi connectivity index (χ2v) is 7.93. The zero-order valence-electron chi connectivity index (χ0n) is 16.6. The number of hydrogen-bond acceptors (Lipinski definition) is 3. The van der Waals surface area contributed by atoms with Crippen LogP contribution in [0.2, 0.25) is 0 Å². The van der Waals surface area contributed by atoms with Crippen molar-refractivity contribution in [2.24, 2.45) is 4.99 Å². The molecule has 1 unspecified atom stereocenters. The molecule has 154 valence electrons. The minimum atomic E-state index is -0.153. The third-order valence-corrected chi connectivity index (χ3v) is 5.68. The van der Waals surface area contributed by atoms with Gasteiger partial charge in [-0.25, -0.2) is 4.39 Å². The van der Waals surface area contributed by atoms with Crippen LogP contribution in [-0.2, 0) is 10.5 Å². The summed E-state index contributed by atoms with van der Waals surface area (Å²) in [5, 5.41) is 9.48. The number of carbonyl (C=O) groups is 1. The Morgan fingerprint density at radius 1 is 1.21 bits per heavy atom. The van der Waals surface area contributed by atoms with E-state index in [2.05, 4.69) is 27.0 Å². The summed E-state index contributed by atoms with van der Waals surface area (Å²) in [6.45, 7) is 4.05. The number of nitrogens with one attached hydrogen (secondary N) is 3. The fourth-order valence-electron chi connectivity index (χ4n) is 3.25. The van der Waals surface area contributed by atoms with Gasteiger partial charge in [0.05, 0.1) is 6.54 Å². The standard InChI is InChI=1S/C22H27FN4OS/c1-2-24-22(25-11-12-29-15-16-7-3-5-9-19(16)23)26-14-17-13-21(28)27-20-10-6-4-8-18(17)20/h3-10,17H,2,11-15H2,1H3,(H,27,28)(H2,24,25,26). The number of halogens is 1. The van der Waals surface area contributed by atoms with Crippen LogP contribution in [-0.4, -0.2) is 37.3 Å². The van der Waals surface area contributed by atoms with Crippen molar-refractivity contribution in [1.29, 1.82) is 0 Å². The monoisotopic (exact) mass is 414 g/mol. The predicted molar refractivity (Wildman–Crippen MR) is 119 cm³/mol. The second-order valence-electron chi connectivity index (χ2n) is 6.83. The Labute approximate surface area is 175 Å². The van der Waals surface area contributed by atoms with Crippen molar-refractivity contribution < 1.29 is 9.18 Å². The second kappa shape index (κ2) is 10.9. The molecule has 0 bridgehead atoms. The van der Waals surface area contributed by atoms with Gasteiger partial charge in [-0.2, -0.15) is 11.8 Å². The molecule has 0 radical (unpaired) electrons. The molecule has 7 heteroatoms. The first-order chi connectivity index (χ1) is 14.2. The van der Waals surface area contributed by atoms with Gasteiger partial charge in [0.15, 0.2) is 5.96 Å². The van der Waals surface area contributed by atoms with E-state index in [4.69, 9.17) is 0 Å². The van der Waals surface area contributed by atoms with Gasteiger partial charge in [0.25, 0.3) is 0 Å². The SMILES string of the molecule is CCNC(=NCC1CC(=O)Nc2ccccc21)NCCSCc1ccccc1F. The van der Waals surface area contributed by atoms with Crippen molar-refractivity contribution >= 4 is 29.3 Å². The third kappa shape index (κ3) is 6.22. The van der Waals surface area contributed by atoms with Gasteiger partial charge in [0, 0.05) is 42.6 Å². The maximum atomic E-state index is 13.7. The Balaban J connectivity index is 1.50. The molecule has 5 nitrogen and oxygen atoms in total. The molecule has 0 saturated heterocycles. The van der Waals surface area contributed by atoms with Crippen molar-refractivity contribution in [2.75, 3.05) is 30.7 Å². The van der Waals surface area contributed by atoms with Crippen molar-refractivity contribution in [3.05, 3.63) is 65.5 Å². The molecule has 0 spiro atoms. The number of amides is 1. The van der Waals surface area contributed by atoms with Crippen LogP contribution in [0.25, 0.3) is 0 Å². The van der Waals surface area contributed by atoms with Gasteiger partial charge >= 0.3 is 0 Å². The average Bonchev–Trinajstić information content (AvgIpc) is 2.72. The largest absolute Gasteiger partial charge is 0.357 e. The van der Waals surface area contributed by atoms with Crippen molar-refractivity contribution in [2.45, 2.75) is 25.0 Å². The lowest BCUT2D eigenvalue weighted by Gasteiger charge is -2.24. The Morgan fingerprint density at radius 2 is 2.00 bits per heavy atom. The Bertz CT molecular complexity index is 858. The van der Waals surface area contributed by atoms with E-state index < -0.39 is 0 Å². The molecule has 0 aromatic heterocycles. The summed E-state index contributed by atoms with van der Waals surface area (Å²) >= 11 is 1.68. The summed E-state index contributed by atoms with van der Waals surface area (Å²) < 4.78 is 13.7. The van der Waals surface area contributed by atoms with Crippen molar-refractivity contribution in [3.63, 3.8) is 0 Å². The minimum Gasteiger partial charge on any atom is -0.357 e. The first kappa shape index (κ1) is 21.2. The van der Waals surface area contributed by atoms with Crippen LogP contribution in [0, 0.1) is 5.82 Å². The average molecular weight is 415 g/mol. The van der Waals surface area contributed by atoms with E-state index in [0.717, 1.165) is 41.6 Å². The topological polar surface area (TPSA) is 65.5 Å². The molecular formula is C22H27FN4OS. The number of carbonyl (C=O) groups excluding carboxylic acids is 1. The van der Waals surface area contributed by atoms with Crippen LogP contribution < -0.4 is 16.0 Å². The van der Waals surface area contributed by atoms with Gasteiger partial charge in [-0.3, -0.25) is 9.79 Å². The summed E-state index contributed by atoms with van der Waals surface area (Å²) in [4.78, 5) is 16.7. The molecule has 3 N–H and O–H groups in total. The van der Waals surface area contributed by atoms with Gasteiger partial charge in [0.1, 0.15) is 5.82 Å². The first-order valence-electron chi connectivity index (χ1n) is 9.89. The highest BCUT2D eigenvalue weighted by atomic mass is 32.2. The normalized spacial score (nSPS) is 16.1. The predicted octanol–water partition coefficient (Wildman–Crippen LogP) is 3.74. The highest BCUT2D eigenvalue weighted by molar-refractivity contribution is 7.98. The summed E-state index contributed by atoms with van der Waals surface area (Å²) in [5.41, 5.74) is 2.74. The number of thioether (sulfide) groups is 1. The van der Waals surface area contributed by atoms with Crippen LogP contribution >= 0.6 is 11.8 Å². The number of benzene rings is 2. The molecule has 1 heterocycles. The van der Waals surface area contributed by atoms with Gasteiger partial charge in [-0.05, 0) is 30.2 Å². The number of rotatable bonds is 8. The lowest BCUT2D eigenvalue weighted by atomic mass is 9.91. The van der Waals surface area contributed by atoms with E-state index in [1.807, 2.05) is 37.3 Å². The summed E-state index contributed by atoms with van der Waals surface area (Å²) in [6, 6.07) is 14.8. The molecule has 3 rings (SSSR count). The van der Waals surface area contributed by atoms with E-state index in [1.54, 1.807) is 17.8 Å². The van der Waals surface area contributed by atoms with Crippen LogP contribution in [0.3, 0.4) is 0 Å². The number of aliphatic imine (C=N–C) groups is 1. The molecule has 1 amide bonds. The smallest absolute Gasteiger partial charge is 0.225 e. The fourth-order valence-corrected chi connectivity index (χ4v) is 4.09. The van der Waals surface area contributed by atoms with Gasteiger partial charge < -0.3 is 16.0 Å². The molecule has 1 atom stereocenters. The van der Waals surface area contributed by atoms with Crippen LogP contribution in [0.4, 0.5) is 10.1 Å². The molecule has 29 heavy (non-hydrogen) atoms. The maximum Gasteiger partial charge on any atom is 0.225 e. The van der Waals surface area contributed by atoms with E-state index in [0.29, 0.717) is 18.7 Å². The number of anilines is 1. The molecule has 2 aromatic rings. The molecule has 1 aliphatic heterocycles. The van der Waals surface area contributed by atoms with Gasteiger partial charge in [-0.15, -0.1) is 0 Å². The van der Waals surface area contributed by atoms with Crippen LogP contribution in [0.15, 0.2) is 53.5 Å². The van der Waals surface area contributed by atoms with Gasteiger partial charge in [-0.1, -0.05) is 36.4 Å². The number of para-hydroxylation sites is 1. The zero-order valence-corrected chi connectivity index (χ0v) is 17.4.